The van der Waals surface area contributed by atoms with Gasteiger partial charge in [0.05, 0.1) is 12.6 Å². The number of ether oxygens (including phenoxy) is 1. The Morgan fingerprint density at radius 3 is 2.88 bits per heavy atom. The van der Waals surface area contributed by atoms with E-state index < -0.39 is 5.41 Å². The van der Waals surface area contributed by atoms with Gasteiger partial charge >= 0.3 is 5.97 Å². The van der Waals surface area contributed by atoms with Crippen molar-refractivity contribution < 1.29 is 9.53 Å². The Balaban J connectivity index is 2.25. The van der Waals surface area contributed by atoms with Gasteiger partial charge in [0.1, 0.15) is 5.41 Å². The SMILES string of the molecule is CCOC(=O)[C@]1(C)C(C)=NC2CCCCC21. The van der Waals surface area contributed by atoms with Crippen LogP contribution < -0.4 is 0 Å². The fraction of sp³-hybridized carbons (Fsp3) is 0.846. The van der Waals surface area contributed by atoms with Crippen molar-refractivity contribution in [3.05, 3.63) is 0 Å². The molecule has 2 aliphatic rings. The molecule has 3 nitrogen and oxygen atoms in total. The first-order valence-electron chi connectivity index (χ1n) is 6.32. The van der Waals surface area contributed by atoms with Gasteiger partial charge < -0.3 is 4.74 Å². The molecule has 1 fully saturated rings. The lowest BCUT2D eigenvalue weighted by Gasteiger charge is -2.34. The van der Waals surface area contributed by atoms with Crippen LogP contribution in [0.5, 0.6) is 0 Å². The van der Waals surface area contributed by atoms with Crippen LogP contribution in [-0.4, -0.2) is 24.3 Å². The number of hydrogen-bond acceptors (Lipinski definition) is 3. The second-order valence-electron chi connectivity index (χ2n) is 5.10. The maximum Gasteiger partial charge on any atom is 0.317 e. The normalized spacial score (nSPS) is 37.8. The second kappa shape index (κ2) is 4.19. The van der Waals surface area contributed by atoms with E-state index >= 15 is 0 Å². The fourth-order valence-electron chi connectivity index (χ4n) is 3.17. The third-order valence-corrected chi connectivity index (χ3v) is 4.28. The summed E-state index contributed by atoms with van der Waals surface area (Å²) in [5.41, 5.74) is 0.518. The molecule has 3 atom stereocenters. The smallest absolute Gasteiger partial charge is 0.317 e. The molecule has 0 bridgehead atoms. The third kappa shape index (κ3) is 1.57. The predicted molar refractivity (Wildman–Crippen MR) is 63.6 cm³/mol. The van der Waals surface area contributed by atoms with Crippen LogP contribution in [0.3, 0.4) is 0 Å². The topological polar surface area (TPSA) is 38.7 Å². The average molecular weight is 223 g/mol. The standard InChI is InChI=1S/C13H21NO2/c1-4-16-12(15)13(3)9(2)14-11-8-6-5-7-10(11)13/h10-11H,4-8H2,1-3H3/t10?,11?,13-/m1/s1. The highest BCUT2D eigenvalue weighted by Crippen LogP contribution is 2.46. The van der Waals surface area contributed by atoms with Crippen LogP contribution in [0.4, 0.5) is 0 Å². The van der Waals surface area contributed by atoms with Gasteiger partial charge in [0, 0.05) is 11.6 Å². The lowest BCUT2D eigenvalue weighted by molar-refractivity contribution is -0.153. The Bertz CT molecular complexity index is 324. The van der Waals surface area contributed by atoms with E-state index in [1.165, 1.54) is 12.8 Å². The highest BCUT2D eigenvalue weighted by Gasteiger charge is 2.53. The van der Waals surface area contributed by atoms with Crippen LogP contribution in [-0.2, 0) is 9.53 Å². The molecular formula is C13H21NO2. The summed E-state index contributed by atoms with van der Waals surface area (Å²) >= 11 is 0. The predicted octanol–water partition coefficient (Wildman–Crippen LogP) is 2.59. The number of aliphatic imine (C=N–C) groups is 1. The average Bonchev–Trinajstić information content (AvgIpc) is 2.53. The second-order valence-corrected chi connectivity index (χ2v) is 5.10. The molecule has 90 valence electrons. The Labute approximate surface area is 97.3 Å². The van der Waals surface area contributed by atoms with Gasteiger partial charge in [-0.15, -0.1) is 0 Å². The van der Waals surface area contributed by atoms with Crippen LogP contribution >= 0.6 is 0 Å². The highest BCUT2D eigenvalue weighted by molar-refractivity contribution is 6.07. The summed E-state index contributed by atoms with van der Waals surface area (Å²) in [6.07, 6.45) is 4.72. The molecular weight excluding hydrogens is 202 g/mol. The van der Waals surface area contributed by atoms with E-state index in [9.17, 15) is 4.79 Å². The van der Waals surface area contributed by atoms with Crippen LogP contribution in [0.2, 0.25) is 0 Å². The summed E-state index contributed by atoms with van der Waals surface area (Å²) in [7, 11) is 0. The zero-order chi connectivity index (χ0) is 11.8. The molecule has 0 amide bonds. The molecule has 16 heavy (non-hydrogen) atoms. The molecule has 0 spiro atoms. The molecule has 0 radical (unpaired) electrons. The Morgan fingerprint density at radius 1 is 1.50 bits per heavy atom. The van der Waals surface area contributed by atoms with Crippen molar-refractivity contribution in [2.45, 2.75) is 52.5 Å². The van der Waals surface area contributed by atoms with Gasteiger partial charge in [-0.1, -0.05) is 12.8 Å². The van der Waals surface area contributed by atoms with E-state index in [-0.39, 0.29) is 5.97 Å². The van der Waals surface area contributed by atoms with Crippen molar-refractivity contribution in [3.63, 3.8) is 0 Å². The number of esters is 1. The van der Waals surface area contributed by atoms with Crippen LogP contribution in [0.15, 0.2) is 4.99 Å². The Hall–Kier alpha value is -0.860. The molecule has 0 N–H and O–H groups in total. The quantitative estimate of drug-likeness (QED) is 0.675. The van der Waals surface area contributed by atoms with Gasteiger partial charge in [-0.3, -0.25) is 9.79 Å². The van der Waals surface area contributed by atoms with E-state index in [1.54, 1.807) is 0 Å². The van der Waals surface area contributed by atoms with Gasteiger partial charge in [-0.25, -0.2) is 0 Å². The molecule has 1 aliphatic carbocycles. The lowest BCUT2D eigenvalue weighted by atomic mass is 9.68. The van der Waals surface area contributed by atoms with E-state index in [0.717, 1.165) is 18.6 Å². The van der Waals surface area contributed by atoms with Crippen LogP contribution in [0.25, 0.3) is 0 Å². The van der Waals surface area contributed by atoms with Crippen LogP contribution in [0, 0.1) is 11.3 Å². The summed E-state index contributed by atoms with van der Waals surface area (Å²) in [6.45, 7) is 6.31. The summed E-state index contributed by atoms with van der Waals surface area (Å²) in [5, 5.41) is 0. The first-order chi connectivity index (χ1) is 7.60. The van der Waals surface area contributed by atoms with E-state index in [2.05, 4.69) is 4.99 Å². The maximum atomic E-state index is 12.1. The minimum atomic E-state index is -0.457. The van der Waals surface area contributed by atoms with Gasteiger partial charge in [0.2, 0.25) is 0 Å². The van der Waals surface area contributed by atoms with E-state index in [1.807, 2.05) is 20.8 Å². The lowest BCUT2D eigenvalue weighted by Crippen LogP contribution is -2.43. The zero-order valence-electron chi connectivity index (χ0n) is 10.5. The van der Waals surface area contributed by atoms with E-state index in [0.29, 0.717) is 18.6 Å². The Kier molecular flexibility index (Phi) is 3.04. The molecule has 1 aliphatic heterocycles. The molecule has 2 unspecified atom stereocenters. The summed E-state index contributed by atoms with van der Waals surface area (Å²) < 4.78 is 5.23. The molecule has 3 heteroatoms. The number of nitrogens with zero attached hydrogens (tertiary/aromatic N) is 1. The first-order valence-corrected chi connectivity index (χ1v) is 6.32. The molecule has 1 heterocycles. The van der Waals surface area contributed by atoms with Crippen molar-refractivity contribution >= 4 is 11.7 Å². The Morgan fingerprint density at radius 2 is 2.19 bits per heavy atom. The summed E-state index contributed by atoms with van der Waals surface area (Å²) in [5.74, 6) is 0.297. The van der Waals surface area contributed by atoms with Crippen molar-refractivity contribution in [3.8, 4) is 0 Å². The number of hydrogen-bond donors (Lipinski definition) is 0. The van der Waals surface area contributed by atoms with Gasteiger partial charge in [-0.2, -0.15) is 0 Å². The fourth-order valence-corrected chi connectivity index (χ4v) is 3.17. The first kappa shape index (κ1) is 11.6. The molecule has 0 aromatic heterocycles. The monoisotopic (exact) mass is 223 g/mol. The number of carbonyl (C=O) groups is 1. The minimum absolute atomic E-state index is 0.0781. The number of rotatable bonds is 2. The van der Waals surface area contributed by atoms with E-state index in [4.69, 9.17) is 4.74 Å². The molecule has 0 saturated heterocycles. The van der Waals surface area contributed by atoms with Crippen molar-refractivity contribution in [2.75, 3.05) is 6.61 Å². The highest BCUT2D eigenvalue weighted by atomic mass is 16.5. The summed E-state index contributed by atoms with van der Waals surface area (Å²) in [6, 6.07) is 0.364. The summed E-state index contributed by atoms with van der Waals surface area (Å²) in [4.78, 5) is 16.8. The maximum absolute atomic E-state index is 12.1. The van der Waals surface area contributed by atoms with Crippen LogP contribution in [0.1, 0.15) is 46.5 Å². The molecule has 0 aromatic rings. The number of carbonyl (C=O) groups excluding carboxylic acids is 1. The number of fused-ring (bicyclic) bond motifs is 1. The van der Waals surface area contributed by atoms with Crippen molar-refractivity contribution in [1.29, 1.82) is 0 Å². The zero-order valence-corrected chi connectivity index (χ0v) is 10.5. The van der Waals surface area contributed by atoms with Gasteiger partial charge in [-0.05, 0) is 33.6 Å². The minimum Gasteiger partial charge on any atom is -0.465 e. The van der Waals surface area contributed by atoms with Crippen molar-refractivity contribution in [1.82, 2.24) is 0 Å². The molecule has 2 rings (SSSR count). The molecule has 1 saturated carbocycles. The molecule has 0 aromatic carbocycles. The largest absolute Gasteiger partial charge is 0.465 e. The van der Waals surface area contributed by atoms with Gasteiger partial charge in [0.25, 0.3) is 0 Å². The van der Waals surface area contributed by atoms with Gasteiger partial charge in [0.15, 0.2) is 0 Å². The third-order valence-electron chi connectivity index (χ3n) is 4.28. The van der Waals surface area contributed by atoms with Crippen molar-refractivity contribution in [2.24, 2.45) is 16.3 Å².